The van der Waals surface area contributed by atoms with Crippen molar-refractivity contribution in [3.05, 3.63) is 53.1 Å². The van der Waals surface area contributed by atoms with Crippen LogP contribution in [-0.2, 0) is 11.3 Å². The van der Waals surface area contributed by atoms with Crippen LogP contribution >= 0.6 is 11.6 Å². The van der Waals surface area contributed by atoms with Gasteiger partial charge in [0.25, 0.3) is 0 Å². The molecule has 0 aromatic heterocycles. The molecule has 0 radical (unpaired) electrons. The molecule has 0 aliphatic heterocycles. The molecule has 0 saturated heterocycles. The van der Waals surface area contributed by atoms with Gasteiger partial charge in [0.05, 0.1) is 17.8 Å². The number of hydrogen-bond donors (Lipinski definition) is 2. The van der Waals surface area contributed by atoms with Gasteiger partial charge in [0, 0.05) is 24.7 Å². The summed E-state index contributed by atoms with van der Waals surface area (Å²) in [5, 5.41) is 6.45. The van der Waals surface area contributed by atoms with Crippen molar-refractivity contribution in [2.75, 3.05) is 17.7 Å². The van der Waals surface area contributed by atoms with E-state index in [1.807, 2.05) is 30.3 Å². The quantitative estimate of drug-likeness (QED) is 0.880. The van der Waals surface area contributed by atoms with Crippen molar-refractivity contribution in [3.8, 4) is 5.75 Å². The second-order valence-electron chi connectivity index (χ2n) is 4.54. The molecule has 0 aliphatic rings. The molecule has 0 aliphatic carbocycles. The molecule has 0 bridgehead atoms. The normalized spacial score (nSPS) is 10.0. The van der Waals surface area contributed by atoms with Crippen molar-refractivity contribution in [3.63, 3.8) is 0 Å². The van der Waals surface area contributed by atoms with E-state index in [-0.39, 0.29) is 5.91 Å². The second kappa shape index (κ2) is 6.99. The number of anilines is 2. The van der Waals surface area contributed by atoms with Gasteiger partial charge in [0.2, 0.25) is 5.91 Å². The summed E-state index contributed by atoms with van der Waals surface area (Å²) >= 11 is 6.13. The van der Waals surface area contributed by atoms with Crippen LogP contribution < -0.4 is 15.4 Å². The Labute approximate surface area is 129 Å². The van der Waals surface area contributed by atoms with Gasteiger partial charge < -0.3 is 15.4 Å². The maximum atomic E-state index is 11.0. The Bertz CT molecular complexity index is 644. The van der Waals surface area contributed by atoms with Gasteiger partial charge in [0.15, 0.2) is 0 Å². The molecule has 4 nitrogen and oxygen atoms in total. The third-order valence-corrected chi connectivity index (χ3v) is 3.27. The number of hydrogen-bond acceptors (Lipinski definition) is 3. The number of amides is 1. The smallest absolute Gasteiger partial charge is 0.221 e. The minimum Gasteiger partial charge on any atom is -0.496 e. The van der Waals surface area contributed by atoms with Crippen LogP contribution in [0.5, 0.6) is 5.75 Å². The first kappa shape index (κ1) is 15.2. The highest BCUT2D eigenvalue weighted by atomic mass is 35.5. The molecule has 0 heterocycles. The fourth-order valence-electron chi connectivity index (χ4n) is 1.96. The van der Waals surface area contributed by atoms with Crippen LogP contribution in [0.4, 0.5) is 11.4 Å². The van der Waals surface area contributed by atoms with E-state index < -0.39 is 0 Å². The molecule has 0 atom stereocenters. The number of nitrogens with one attached hydrogen (secondary N) is 2. The fourth-order valence-corrected chi connectivity index (χ4v) is 2.19. The molecular weight excluding hydrogens is 288 g/mol. The molecule has 2 rings (SSSR count). The van der Waals surface area contributed by atoms with E-state index >= 15 is 0 Å². The number of para-hydroxylation sites is 1. The number of benzene rings is 2. The van der Waals surface area contributed by atoms with Gasteiger partial charge in [0.1, 0.15) is 5.75 Å². The Morgan fingerprint density at radius 1 is 1.24 bits per heavy atom. The molecule has 0 spiro atoms. The van der Waals surface area contributed by atoms with E-state index in [1.54, 1.807) is 19.2 Å². The van der Waals surface area contributed by atoms with Crippen LogP contribution in [0.2, 0.25) is 5.02 Å². The lowest BCUT2D eigenvalue weighted by atomic mass is 10.2. The van der Waals surface area contributed by atoms with Gasteiger partial charge in [-0.25, -0.2) is 0 Å². The third kappa shape index (κ3) is 4.13. The maximum Gasteiger partial charge on any atom is 0.221 e. The van der Waals surface area contributed by atoms with Gasteiger partial charge in [-0.3, -0.25) is 4.79 Å². The van der Waals surface area contributed by atoms with Gasteiger partial charge in [-0.1, -0.05) is 29.8 Å². The second-order valence-corrected chi connectivity index (χ2v) is 4.95. The van der Waals surface area contributed by atoms with Crippen LogP contribution in [0.15, 0.2) is 42.5 Å². The van der Waals surface area contributed by atoms with E-state index in [0.29, 0.717) is 17.3 Å². The number of carbonyl (C=O) groups excluding carboxylic acids is 1. The number of methoxy groups -OCH3 is 1. The van der Waals surface area contributed by atoms with Crippen molar-refractivity contribution < 1.29 is 9.53 Å². The van der Waals surface area contributed by atoms with E-state index in [4.69, 9.17) is 16.3 Å². The molecule has 1 amide bonds. The van der Waals surface area contributed by atoms with Gasteiger partial charge >= 0.3 is 0 Å². The summed E-state index contributed by atoms with van der Waals surface area (Å²) in [7, 11) is 1.65. The first-order chi connectivity index (χ1) is 10.1. The molecule has 0 saturated carbocycles. The van der Waals surface area contributed by atoms with Gasteiger partial charge in [-0.2, -0.15) is 0 Å². The predicted octanol–water partition coefficient (Wildman–Crippen LogP) is 3.92. The third-order valence-electron chi connectivity index (χ3n) is 2.96. The zero-order chi connectivity index (χ0) is 15.2. The topological polar surface area (TPSA) is 50.4 Å². The highest BCUT2D eigenvalue weighted by Gasteiger charge is 2.05. The van der Waals surface area contributed by atoms with Crippen molar-refractivity contribution in [1.82, 2.24) is 0 Å². The standard InChI is InChI=1S/C16H17ClN2O2/c1-11(20)19-15-8-7-13(9-14(15)17)18-10-12-5-3-4-6-16(12)21-2/h3-9,18H,10H2,1-2H3,(H,19,20). The molecule has 0 unspecified atom stereocenters. The predicted molar refractivity (Wildman–Crippen MR) is 86.1 cm³/mol. The first-order valence-corrected chi connectivity index (χ1v) is 6.91. The van der Waals surface area contributed by atoms with Crippen molar-refractivity contribution in [2.24, 2.45) is 0 Å². The van der Waals surface area contributed by atoms with E-state index in [1.165, 1.54) is 6.92 Å². The summed E-state index contributed by atoms with van der Waals surface area (Å²) in [6.45, 7) is 2.07. The Hall–Kier alpha value is -2.20. The summed E-state index contributed by atoms with van der Waals surface area (Å²) in [4.78, 5) is 11.0. The number of rotatable bonds is 5. The summed E-state index contributed by atoms with van der Waals surface area (Å²) in [5.74, 6) is 0.692. The average molecular weight is 305 g/mol. The molecule has 21 heavy (non-hydrogen) atoms. The van der Waals surface area contributed by atoms with Crippen LogP contribution in [-0.4, -0.2) is 13.0 Å². The summed E-state index contributed by atoms with van der Waals surface area (Å²) in [5.41, 5.74) is 2.54. The number of carbonyl (C=O) groups is 1. The molecule has 2 N–H and O–H groups in total. The minimum absolute atomic E-state index is 0.147. The van der Waals surface area contributed by atoms with Gasteiger partial charge in [-0.15, -0.1) is 0 Å². The van der Waals surface area contributed by atoms with E-state index in [0.717, 1.165) is 17.0 Å². The lowest BCUT2D eigenvalue weighted by Crippen LogP contribution is -2.06. The lowest BCUT2D eigenvalue weighted by Gasteiger charge is -2.12. The highest BCUT2D eigenvalue weighted by molar-refractivity contribution is 6.34. The first-order valence-electron chi connectivity index (χ1n) is 6.53. The molecule has 0 fully saturated rings. The Morgan fingerprint density at radius 2 is 2.00 bits per heavy atom. The number of ether oxygens (including phenoxy) is 1. The maximum absolute atomic E-state index is 11.0. The zero-order valence-corrected chi connectivity index (χ0v) is 12.7. The monoisotopic (exact) mass is 304 g/mol. The molecular formula is C16H17ClN2O2. The van der Waals surface area contributed by atoms with E-state index in [2.05, 4.69) is 10.6 Å². The lowest BCUT2D eigenvalue weighted by molar-refractivity contribution is -0.114. The van der Waals surface area contributed by atoms with Crippen LogP contribution in [0.25, 0.3) is 0 Å². The Kier molecular flexibility index (Phi) is 5.06. The van der Waals surface area contributed by atoms with Gasteiger partial charge in [-0.05, 0) is 24.3 Å². The minimum atomic E-state index is -0.147. The molecule has 2 aromatic rings. The van der Waals surface area contributed by atoms with Crippen molar-refractivity contribution in [2.45, 2.75) is 13.5 Å². The highest BCUT2D eigenvalue weighted by Crippen LogP contribution is 2.26. The summed E-state index contributed by atoms with van der Waals surface area (Å²) in [6.07, 6.45) is 0. The average Bonchev–Trinajstić information content (AvgIpc) is 2.47. The molecule has 2 aromatic carbocycles. The van der Waals surface area contributed by atoms with E-state index in [9.17, 15) is 4.79 Å². The summed E-state index contributed by atoms with van der Waals surface area (Å²) < 4.78 is 5.31. The zero-order valence-electron chi connectivity index (χ0n) is 11.9. The summed E-state index contributed by atoms with van der Waals surface area (Å²) in [6, 6.07) is 13.2. The van der Waals surface area contributed by atoms with Crippen LogP contribution in [0.3, 0.4) is 0 Å². The van der Waals surface area contributed by atoms with Crippen molar-refractivity contribution >= 4 is 28.9 Å². The SMILES string of the molecule is COc1ccccc1CNc1ccc(NC(C)=O)c(Cl)c1. The van der Waals surface area contributed by atoms with Crippen molar-refractivity contribution in [1.29, 1.82) is 0 Å². The van der Waals surface area contributed by atoms with Crippen LogP contribution in [0.1, 0.15) is 12.5 Å². The molecule has 5 heteroatoms. The molecule has 110 valence electrons. The van der Waals surface area contributed by atoms with Crippen LogP contribution in [0, 0.1) is 0 Å². The Balaban J connectivity index is 2.07. The number of halogens is 1. The Morgan fingerprint density at radius 3 is 2.67 bits per heavy atom. The largest absolute Gasteiger partial charge is 0.496 e. The fraction of sp³-hybridized carbons (Fsp3) is 0.188.